The molecule has 0 aliphatic heterocycles. The largest absolute Gasteiger partial charge is 0.332 e. The van der Waals surface area contributed by atoms with Crippen LogP contribution in [0, 0.1) is 6.92 Å². The standard InChI is InChI=1S/C21H19ClN6O3/c1-12-16(17(22)28(25-12)11-13-7-5-4-6-8-13)19(29)24-14-9-15-18(23-10-14)26(2)21(31)27(3)20(15)30/h4-10H,11H2,1-3H3,(H,24,29). The number of hydrogen-bond acceptors (Lipinski definition) is 5. The van der Waals surface area contributed by atoms with Gasteiger partial charge in [-0.05, 0) is 18.6 Å². The van der Waals surface area contributed by atoms with Crippen LogP contribution in [0.4, 0.5) is 5.69 Å². The first kappa shape index (κ1) is 20.5. The number of hydrogen-bond donors (Lipinski definition) is 1. The maximum atomic E-state index is 12.9. The van der Waals surface area contributed by atoms with Gasteiger partial charge < -0.3 is 5.32 Å². The highest BCUT2D eigenvalue weighted by atomic mass is 35.5. The fourth-order valence-electron chi connectivity index (χ4n) is 3.40. The summed E-state index contributed by atoms with van der Waals surface area (Å²) in [7, 11) is 2.92. The van der Waals surface area contributed by atoms with E-state index < -0.39 is 17.2 Å². The molecule has 0 saturated heterocycles. The Morgan fingerprint density at radius 1 is 1.13 bits per heavy atom. The first-order valence-corrected chi connectivity index (χ1v) is 9.79. The van der Waals surface area contributed by atoms with Gasteiger partial charge >= 0.3 is 5.69 Å². The molecular formula is C21H19ClN6O3. The molecule has 1 N–H and O–H groups in total. The number of fused-ring (bicyclic) bond motifs is 1. The van der Waals surface area contributed by atoms with Gasteiger partial charge in [0.1, 0.15) is 10.8 Å². The average molecular weight is 439 g/mol. The number of nitrogens with zero attached hydrogens (tertiary/aromatic N) is 5. The van der Waals surface area contributed by atoms with Crippen LogP contribution >= 0.6 is 11.6 Å². The molecule has 0 saturated carbocycles. The first-order chi connectivity index (χ1) is 14.8. The van der Waals surface area contributed by atoms with Crippen molar-refractivity contribution in [1.29, 1.82) is 0 Å². The van der Waals surface area contributed by atoms with E-state index in [2.05, 4.69) is 15.4 Å². The van der Waals surface area contributed by atoms with Gasteiger partial charge in [-0.3, -0.25) is 18.7 Å². The summed E-state index contributed by atoms with van der Waals surface area (Å²) in [4.78, 5) is 41.6. The smallest absolute Gasteiger partial charge is 0.320 e. The van der Waals surface area contributed by atoms with Crippen LogP contribution in [0.2, 0.25) is 5.15 Å². The number of halogens is 1. The molecule has 0 aliphatic carbocycles. The van der Waals surface area contributed by atoms with Crippen LogP contribution in [-0.2, 0) is 20.6 Å². The molecule has 0 spiro atoms. The van der Waals surface area contributed by atoms with E-state index in [-0.39, 0.29) is 21.7 Å². The van der Waals surface area contributed by atoms with E-state index in [4.69, 9.17) is 11.6 Å². The van der Waals surface area contributed by atoms with Crippen LogP contribution in [0.5, 0.6) is 0 Å². The average Bonchev–Trinajstić information content (AvgIpc) is 3.04. The van der Waals surface area contributed by atoms with E-state index in [1.54, 1.807) is 11.6 Å². The normalized spacial score (nSPS) is 11.1. The third kappa shape index (κ3) is 3.64. The van der Waals surface area contributed by atoms with E-state index in [0.29, 0.717) is 17.9 Å². The summed E-state index contributed by atoms with van der Waals surface area (Å²) in [6, 6.07) is 11.1. The number of aromatic nitrogens is 5. The van der Waals surface area contributed by atoms with Gasteiger partial charge in [-0.2, -0.15) is 5.10 Å². The van der Waals surface area contributed by atoms with Gasteiger partial charge in [0.15, 0.2) is 0 Å². The van der Waals surface area contributed by atoms with Crippen LogP contribution in [0.3, 0.4) is 0 Å². The minimum Gasteiger partial charge on any atom is -0.320 e. The molecule has 0 aliphatic rings. The summed E-state index contributed by atoms with van der Waals surface area (Å²) >= 11 is 6.45. The van der Waals surface area contributed by atoms with Crippen LogP contribution < -0.4 is 16.6 Å². The molecule has 1 aromatic carbocycles. The molecule has 0 fully saturated rings. The van der Waals surface area contributed by atoms with Crippen molar-refractivity contribution in [1.82, 2.24) is 23.9 Å². The van der Waals surface area contributed by atoms with Gasteiger partial charge in [-0.1, -0.05) is 41.9 Å². The third-order valence-electron chi connectivity index (χ3n) is 5.02. The Hall–Kier alpha value is -3.72. The highest BCUT2D eigenvalue weighted by Crippen LogP contribution is 2.23. The maximum absolute atomic E-state index is 12.9. The molecule has 158 valence electrons. The van der Waals surface area contributed by atoms with Crippen molar-refractivity contribution in [2.24, 2.45) is 14.1 Å². The van der Waals surface area contributed by atoms with Gasteiger partial charge in [-0.25, -0.2) is 14.5 Å². The van der Waals surface area contributed by atoms with Crippen LogP contribution in [-0.4, -0.2) is 29.8 Å². The Balaban J connectivity index is 1.66. The van der Waals surface area contributed by atoms with Gasteiger partial charge in [0.25, 0.3) is 11.5 Å². The Morgan fingerprint density at radius 3 is 2.55 bits per heavy atom. The van der Waals surface area contributed by atoms with Crippen LogP contribution in [0.25, 0.3) is 11.0 Å². The van der Waals surface area contributed by atoms with Gasteiger partial charge in [0.05, 0.1) is 35.1 Å². The molecule has 3 heterocycles. The number of rotatable bonds is 4. The van der Waals surface area contributed by atoms with E-state index in [9.17, 15) is 14.4 Å². The molecule has 4 aromatic rings. The van der Waals surface area contributed by atoms with Crippen molar-refractivity contribution in [2.45, 2.75) is 13.5 Å². The van der Waals surface area contributed by atoms with Gasteiger partial charge in [0.2, 0.25) is 0 Å². The number of amides is 1. The quantitative estimate of drug-likeness (QED) is 0.525. The second-order valence-electron chi connectivity index (χ2n) is 7.15. The second kappa shape index (κ2) is 7.84. The van der Waals surface area contributed by atoms with Crippen molar-refractivity contribution in [3.05, 3.63) is 85.4 Å². The fraction of sp³-hybridized carbons (Fsp3) is 0.190. The molecule has 9 nitrogen and oxygen atoms in total. The Morgan fingerprint density at radius 2 is 1.84 bits per heavy atom. The zero-order valence-corrected chi connectivity index (χ0v) is 17.8. The van der Waals surface area contributed by atoms with Crippen molar-refractivity contribution in [2.75, 3.05) is 5.32 Å². The second-order valence-corrected chi connectivity index (χ2v) is 7.51. The Kier molecular flexibility index (Phi) is 5.20. The lowest BCUT2D eigenvalue weighted by Crippen LogP contribution is -2.37. The van der Waals surface area contributed by atoms with Crippen molar-refractivity contribution >= 4 is 34.2 Å². The number of anilines is 1. The van der Waals surface area contributed by atoms with E-state index in [1.807, 2.05) is 30.3 Å². The predicted octanol–water partition coefficient (Wildman–Crippen LogP) is 2.09. The molecule has 4 rings (SSSR count). The topological polar surface area (TPSA) is 104 Å². The number of carbonyl (C=O) groups is 1. The van der Waals surface area contributed by atoms with Gasteiger partial charge in [0, 0.05) is 14.1 Å². The highest BCUT2D eigenvalue weighted by molar-refractivity contribution is 6.33. The van der Waals surface area contributed by atoms with Crippen LogP contribution in [0.1, 0.15) is 21.6 Å². The molecule has 1 amide bonds. The number of nitrogens with one attached hydrogen (secondary N) is 1. The summed E-state index contributed by atoms with van der Waals surface area (Å²) in [6.45, 7) is 2.13. The lowest BCUT2D eigenvalue weighted by molar-refractivity contribution is 0.102. The molecule has 0 atom stereocenters. The lowest BCUT2D eigenvalue weighted by Gasteiger charge is -2.09. The van der Waals surface area contributed by atoms with E-state index in [1.165, 1.54) is 30.9 Å². The minimum atomic E-state index is -0.494. The maximum Gasteiger partial charge on any atom is 0.332 e. The molecule has 0 radical (unpaired) electrons. The lowest BCUT2D eigenvalue weighted by atomic mass is 10.2. The fourth-order valence-corrected chi connectivity index (χ4v) is 3.72. The highest BCUT2D eigenvalue weighted by Gasteiger charge is 2.21. The molecule has 0 unspecified atom stereocenters. The SMILES string of the molecule is Cc1nn(Cc2ccccc2)c(Cl)c1C(=O)Nc1cnc2c(c1)c(=O)n(C)c(=O)n2C. The molecular weight excluding hydrogens is 420 g/mol. The van der Waals surface area contributed by atoms with E-state index in [0.717, 1.165) is 10.1 Å². The summed E-state index contributed by atoms with van der Waals surface area (Å²) < 4.78 is 3.83. The number of pyridine rings is 1. The number of benzene rings is 1. The number of aryl methyl sites for hydroxylation is 2. The molecule has 10 heteroatoms. The third-order valence-corrected chi connectivity index (χ3v) is 5.40. The zero-order valence-electron chi connectivity index (χ0n) is 17.1. The van der Waals surface area contributed by atoms with Crippen molar-refractivity contribution in [3.63, 3.8) is 0 Å². The summed E-state index contributed by atoms with van der Waals surface area (Å²) in [5.41, 5.74) is 1.28. The monoisotopic (exact) mass is 438 g/mol. The number of carbonyl (C=O) groups excluding carboxylic acids is 1. The van der Waals surface area contributed by atoms with Crippen molar-refractivity contribution in [3.8, 4) is 0 Å². The Labute approximate surface area is 181 Å². The molecule has 31 heavy (non-hydrogen) atoms. The zero-order chi connectivity index (χ0) is 22.3. The molecule has 0 bridgehead atoms. The van der Waals surface area contributed by atoms with Crippen molar-refractivity contribution < 1.29 is 4.79 Å². The molecule has 3 aromatic heterocycles. The summed E-state index contributed by atoms with van der Waals surface area (Å²) in [5.74, 6) is -0.468. The summed E-state index contributed by atoms with van der Waals surface area (Å²) in [5, 5.41) is 7.52. The predicted molar refractivity (Wildman–Crippen MR) is 118 cm³/mol. The van der Waals surface area contributed by atoms with E-state index >= 15 is 0 Å². The first-order valence-electron chi connectivity index (χ1n) is 9.42. The summed E-state index contributed by atoms with van der Waals surface area (Å²) in [6.07, 6.45) is 1.39. The minimum absolute atomic E-state index is 0.213. The Bertz CT molecular complexity index is 1440. The van der Waals surface area contributed by atoms with Gasteiger partial charge in [-0.15, -0.1) is 0 Å². The van der Waals surface area contributed by atoms with Crippen LogP contribution in [0.15, 0.2) is 52.2 Å².